The Labute approximate surface area is 165 Å². The molecule has 0 saturated heterocycles. The van der Waals surface area contributed by atoms with Crippen LogP contribution in [0.3, 0.4) is 0 Å². The van der Waals surface area contributed by atoms with Crippen molar-refractivity contribution in [2.24, 2.45) is 11.7 Å². The van der Waals surface area contributed by atoms with E-state index in [4.69, 9.17) is 10.5 Å². The molecule has 6 nitrogen and oxygen atoms in total. The number of amides is 2. The molecule has 1 unspecified atom stereocenters. The normalized spacial score (nSPS) is 16.6. The average molecular weight is 381 g/mol. The fourth-order valence-corrected chi connectivity index (χ4v) is 3.25. The van der Waals surface area contributed by atoms with Crippen molar-refractivity contribution in [1.82, 2.24) is 10.6 Å². The van der Waals surface area contributed by atoms with Gasteiger partial charge in [0.15, 0.2) is 0 Å². The zero-order valence-corrected chi connectivity index (χ0v) is 16.3. The molecule has 0 spiro atoms. The first-order chi connectivity index (χ1) is 13.5. The molecule has 1 heterocycles. The Morgan fingerprint density at radius 3 is 2.61 bits per heavy atom. The minimum Gasteiger partial charge on any atom is -0.492 e. The van der Waals surface area contributed by atoms with Crippen LogP contribution in [0.25, 0.3) is 11.1 Å². The number of para-hydroxylation sites is 1. The molecule has 0 saturated carbocycles. The van der Waals surface area contributed by atoms with Gasteiger partial charge < -0.3 is 21.1 Å². The van der Waals surface area contributed by atoms with Gasteiger partial charge >= 0.3 is 0 Å². The van der Waals surface area contributed by atoms with Gasteiger partial charge in [0.2, 0.25) is 11.8 Å². The van der Waals surface area contributed by atoms with Gasteiger partial charge in [-0.2, -0.15) is 0 Å². The van der Waals surface area contributed by atoms with Crippen LogP contribution in [0.5, 0.6) is 5.75 Å². The summed E-state index contributed by atoms with van der Waals surface area (Å²) in [5.41, 5.74) is 8.83. The second-order valence-electron chi connectivity index (χ2n) is 7.33. The number of carbonyl (C=O) groups is 2. The summed E-state index contributed by atoms with van der Waals surface area (Å²) in [6.45, 7) is 4.16. The van der Waals surface area contributed by atoms with E-state index in [-0.39, 0.29) is 30.3 Å². The molecular formula is C22H27N3O3. The van der Waals surface area contributed by atoms with Crippen LogP contribution >= 0.6 is 0 Å². The molecule has 0 aliphatic carbocycles. The van der Waals surface area contributed by atoms with E-state index in [1.165, 1.54) is 0 Å². The van der Waals surface area contributed by atoms with Crippen LogP contribution in [0.2, 0.25) is 0 Å². The molecule has 0 fully saturated rings. The molecule has 2 amide bonds. The summed E-state index contributed by atoms with van der Waals surface area (Å²) in [5.74, 6) is 0.258. The monoisotopic (exact) mass is 381 g/mol. The molecule has 0 aromatic heterocycles. The summed E-state index contributed by atoms with van der Waals surface area (Å²) in [5, 5.41) is 5.61. The third-order valence-corrected chi connectivity index (χ3v) is 4.94. The Morgan fingerprint density at radius 1 is 1.14 bits per heavy atom. The number of nitrogens with one attached hydrogen (secondary N) is 2. The lowest BCUT2D eigenvalue weighted by atomic mass is 9.94. The zero-order valence-electron chi connectivity index (χ0n) is 16.3. The molecule has 2 atom stereocenters. The summed E-state index contributed by atoms with van der Waals surface area (Å²) in [4.78, 5) is 24.3. The molecule has 0 radical (unpaired) electrons. The van der Waals surface area contributed by atoms with Crippen molar-refractivity contribution in [3.63, 3.8) is 0 Å². The molecule has 2 aromatic rings. The standard InChI is InChI=1S/C22H27N3O3/c1-14(2)20(23)22(27)24-13-19(26)25-18-11-12-28-21-16(9-6-10-17(18)21)15-7-4-3-5-8-15/h3-10,14,18,20H,11-13,23H2,1-2H3,(H,24,27)(H,25,26)/t18?,20-/m0/s1. The van der Waals surface area contributed by atoms with Crippen molar-refractivity contribution in [3.05, 3.63) is 54.1 Å². The third kappa shape index (κ3) is 4.51. The first kappa shape index (κ1) is 19.9. The number of hydrogen-bond acceptors (Lipinski definition) is 4. The first-order valence-corrected chi connectivity index (χ1v) is 9.61. The van der Waals surface area contributed by atoms with Crippen LogP contribution in [0.15, 0.2) is 48.5 Å². The van der Waals surface area contributed by atoms with Crippen LogP contribution in [0.1, 0.15) is 31.9 Å². The van der Waals surface area contributed by atoms with Gasteiger partial charge in [-0.25, -0.2) is 0 Å². The zero-order chi connectivity index (χ0) is 20.1. The molecule has 148 valence electrons. The van der Waals surface area contributed by atoms with Gasteiger partial charge in [-0.1, -0.05) is 62.4 Å². The summed E-state index contributed by atoms with van der Waals surface area (Å²) < 4.78 is 5.94. The van der Waals surface area contributed by atoms with Crippen LogP contribution in [-0.4, -0.2) is 31.0 Å². The van der Waals surface area contributed by atoms with Crippen molar-refractivity contribution >= 4 is 11.8 Å². The Kier molecular flexibility index (Phi) is 6.31. The van der Waals surface area contributed by atoms with Crippen molar-refractivity contribution in [1.29, 1.82) is 0 Å². The fourth-order valence-electron chi connectivity index (χ4n) is 3.25. The van der Waals surface area contributed by atoms with E-state index < -0.39 is 6.04 Å². The molecule has 6 heteroatoms. The molecule has 0 bridgehead atoms. The van der Waals surface area contributed by atoms with Gasteiger partial charge in [0.25, 0.3) is 0 Å². The van der Waals surface area contributed by atoms with E-state index in [9.17, 15) is 9.59 Å². The number of ether oxygens (including phenoxy) is 1. The van der Waals surface area contributed by atoms with Crippen molar-refractivity contribution in [2.75, 3.05) is 13.2 Å². The maximum Gasteiger partial charge on any atom is 0.239 e. The minimum absolute atomic E-state index is 0.0156. The Hall–Kier alpha value is -2.86. The quantitative estimate of drug-likeness (QED) is 0.716. The van der Waals surface area contributed by atoms with Crippen LogP contribution in [0, 0.1) is 5.92 Å². The second-order valence-corrected chi connectivity index (χ2v) is 7.33. The first-order valence-electron chi connectivity index (χ1n) is 9.61. The predicted octanol–water partition coefficient (Wildman–Crippen LogP) is 2.39. The summed E-state index contributed by atoms with van der Waals surface area (Å²) >= 11 is 0. The van der Waals surface area contributed by atoms with Gasteiger partial charge in [-0.15, -0.1) is 0 Å². The number of carbonyl (C=O) groups excluding carboxylic acids is 2. The van der Waals surface area contributed by atoms with Crippen LogP contribution in [-0.2, 0) is 9.59 Å². The highest BCUT2D eigenvalue weighted by Gasteiger charge is 2.26. The SMILES string of the molecule is CC(C)[C@H](N)C(=O)NCC(=O)NC1CCOc2c(-c3ccccc3)cccc21. The van der Waals surface area contributed by atoms with Gasteiger partial charge in [0, 0.05) is 17.5 Å². The third-order valence-electron chi connectivity index (χ3n) is 4.94. The van der Waals surface area contributed by atoms with E-state index in [0.717, 1.165) is 22.4 Å². The van der Waals surface area contributed by atoms with Crippen molar-refractivity contribution in [2.45, 2.75) is 32.4 Å². The predicted molar refractivity (Wildman–Crippen MR) is 109 cm³/mol. The Bertz CT molecular complexity index is 836. The van der Waals surface area contributed by atoms with Gasteiger partial charge in [0.05, 0.1) is 25.2 Å². The average Bonchev–Trinajstić information content (AvgIpc) is 2.71. The molecular weight excluding hydrogens is 354 g/mol. The fraction of sp³-hybridized carbons (Fsp3) is 0.364. The summed E-state index contributed by atoms with van der Waals surface area (Å²) in [6.07, 6.45) is 0.677. The lowest BCUT2D eigenvalue weighted by molar-refractivity contribution is -0.127. The highest BCUT2D eigenvalue weighted by atomic mass is 16.5. The van der Waals surface area contributed by atoms with Gasteiger partial charge in [-0.3, -0.25) is 9.59 Å². The van der Waals surface area contributed by atoms with E-state index in [1.54, 1.807) is 0 Å². The number of nitrogens with two attached hydrogens (primary N) is 1. The maximum absolute atomic E-state index is 12.4. The van der Waals surface area contributed by atoms with Crippen molar-refractivity contribution in [3.8, 4) is 16.9 Å². The van der Waals surface area contributed by atoms with E-state index >= 15 is 0 Å². The number of hydrogen-bond donors (Lipinski definition) is 3. The molecule has 1 aliphatic rings. The molecule has 4 N–H and O–H groups in total. The summed E-state index contributed by atoms with van der Waals surface area (Å²) in [6, 6.07) is 15.2. The number of fused-ring (bicyclic) bond motifs is 1. The molecule has 3 rings (SSSR count). The van der Waals surface area contributed by atoms with Crippen molar-refractivity contribution < 1.29 is 14.3 Å². The lowest BCUT2D eigenvalue weighted by Crippen LogP contribution is -2.47. The maximum atomic E-state index is 12.4. The second kappa shape index (κ2) is 8.89. The lowest BCUT2D eigenvalue weighted by Gasteiger charge is -2.28. The van der Waals surface area contributed by atoms with Gasteiger partial charge in [0.1, 0.15) is 5.75 Å². The highest BCUT2D eigenvalue weighted by molar-refractivity contribution is 5.87. The largest absolute Gasteiger partial charge is 0.492 e. The van der Waals surface area contributed by atoms with E-state index in [1.807, 2.05) is 62.4 Å². The van der Waals surface area contributed by atoms with Gasteiger partial charge in [-0.05, 0) is 11.5 Å². The van der Waals surface area contributed by atoms with Crippen LogP contribution in [0.4, 0.5) is 0 Å². The van der Waals surface area contributed by atoms with E-state index in [2.05, 4.69) is 10.6 Å². The number of rotatable bonds is 6. The molecule has 1 aliphatic heterocycles. The molecule has 2 aromatic carbocycles. The van der Waals surface area contributed by atoms with E-state index in [0.29, 0.717) is 13.0 Å². The topological polar surface area (TPSA) is 93.5 Å². The smallest absolute Gasteiger partial charge is 0.239 e. The molecule has 28 heavy (non-hydrogen) atoms. The summed E-state index contributed by atoms with van der Waals surface area (Å²) in [7, 11) is 0. The Morgan fingerprint density at radius 2 is 1.89 bits per heavy atom. The number of benzene rings is 2. The van der Waals surface area contributed by atoms with Crippen LogP contribution < -0.4 is 21.1 Å². The minimum atomic E-state index is -0.620. The Balaban J connectivity index is 1.69. The highest BCUT2D eigenvalue weighted by Crippen LogP contribution is 2.39.